The van der Waals surface area contributed by atoms with Crippen molar-refractivity contribution in [1.82, 2.24) is 5.43 Å². The van der Waals surface area contributed by atoms with E-state index < -0.39 is 0 Å². The first kappa shape index (κ1) is 11.9. The van der Waals surface area contributed by atoms with E-state index in [1.807, 2.05) is 29.0 Å². The van der Waals surface area contributed by atoms with Gasteiger partial charge in [0.05, 0.1) is 16.1 Å². The summed E-state index contributed by atoms with van der Waals surface area (Å²) in [6.45, 7) is 0. The third-order valence-corrected chi connectivity index (χ3v) is 3.87. The summed E-state index contributed by atoms with van der Waals surface area (Å²) >= 11 is 13.8. The van der Waals surface area contributed by atoms with Gasteiger partial charge in [0.1, 0.15) is 0 Å². The molecule has 5 heteroatoms. The van der Waals surface area contributed by atoms with E-state index in [9.17, 15) is 0 Å². The summed E-state index contributed by atoms with van der Waals surface area (Å²) in [4.78, 5) is 0. The van der Waals surface area contributed by atoms with Crippen molar-refractivity contribution in [2.45, 2.75) is 6.04 Å². The maximum Gasteiger partial charge on any atom is 0.0733 e. The highest BCUT2D eigenvalue weighted by Gasteiger charge is 2.17. The van der Waals surface area contributed by atoms with E-state index in [2.05, 4.69) is 5.43 Å². The van der Waals surface area contributed by atoms with Crippen LogP contribution in [0.3, 0.4) is 0 Å². The highest BCUT2D eigenvalue weighted by atomic mass is 35.5. The van der Waals surface area contributed by atoms with Gasteiger partial charge < -0.3 is 0 Å². The van der Waals surface area contributed by atoms with Crippen molar-refractivity contribution in [2.75, 3.05) is 0 Å². The quantitative estimate of drug-likeness (QED) is 0.662. The first-order chi connectivity index (χ1) is 7.74. The molecule has 0 amide bonds. The largest absolute Gasteiger partial charge is 0.271 e. The normalized spacial score (nSPS) is 12.7. The van der Waals surface area contributed by atoms with Crippen molar-refractivity contribution < 1.29 is 0 Å². The maximum absolute atomic E-state index is 6.16. The smallest absolute Gasteiger partial charge is 0.0733 e. The second-order valence-electron chi connectivity index (χ2n) is 3.30. The third-order valence-electron chi connectivity index (χ3n) is 2.34. The van der Waals surface area contributed by atoms with Gasteiger partial charge in [-0.05, 0) is 34.0 Å². The molecule has 16 heavy (non-hydrogen) atoms. The number of nitrogens with two attached hydrogens (primary N) is 1. The Kier molecular flexibility index (Phi) is 3.84. The Morgan fingerprint density at radius 3 is 2.69 bits per heavy atom. The standard InChI is InChI=1S/C11H10Cl2N2S/c12-9-3-1-2-8(10(9)13)11(15-14)7-4-5-16-6-7/h1-6,11,15H,14H2. The molecule has 84 valence electrons. The number of thiophene rings is 1. The van der Waals surface area contributed by atoms with E-state index >= 15 is 0 Å². The molecule has 2 rings (SSSR count). The summed E-state index contributed by atoms with van der Waals surface area (Å²) in [6.07, 6.45) is 0. The summed E-state index contributed by atoms with van der Waals surface area (Å²) in [6, 6.07) is 7.41. The highest BCUT2D eigenvalue weighted by Crippen LogP contribution is 2.33. The lowest BCUT2D eigenvalue weighted by molar-refractivity contribution is 0.639. The Labute approximate surface area is 108 Å². The Balaban J connectivity index is 2.45. The number of hydrogen-bond acceptors (Lipinski definition) is 3. The molecule has 0 aliphatic rings. The summed E-state index contributed by atoms with van der Waals surface area (Å²) in [7, 11) is 0. The third kappa shape index (κ3) is 2.24. The second kappa shape index (κ2) is 5.17. The van der Waals surface area contributed by atoms with Crippen LogP contribution < -0.4 is 11.3 Å². The molecule has 0 saturated heterocycles. The van der Waals surface area contributed by atoms with Crippen LogP contribution in [0.15, 0.2) is 35.0 Å². The fourth-order valence-electron chi connectivity index (χ4n) is 1.55. The van der Waals surface area contributed by atoms with Crippen LogP contribution in [-0.4, -0.2) is 0 Å². The van der Waals surface area contributed by atoms with Gasteiger partial charge in [0.15, 0.2) is 0 Å². The molecule has 0 bridgehead atoms. The fourth-order valence-corrected chi connectivity index (χ4v) is 2.65. The summed E-state index contributed by atoms with van der Waals surface area (Å²) < 4.78 is 0. The minimum atomic E-state index is -0.127. The van der Waals surface area contributed by atoms with Gasteiger partial charge in [0.2, 0.25) is 0 Å². The first-order valence-electron chi connectivity index (χ1n) is 4.66. The van der Waals surface area contributed by atoms with E-state index in [1.54, 1.807) is 17.4 Å². The Bertz CT molecular complexity index is 471. The van der Waals surface area contributed by atoms with Gasteiger partial charge >= 0.3 is 0 Å². The number of nitrogens with one attached hydrogen (secondary N) is 1. The van der Waals surface area contributed by atoms with E-state index in [0.717, 1.165) is 11.1 Å². The summed E-state index contributed by atoms with van der Waals surface area (Å²) in [5, 5.41) is 5.10. The van der Waals surface area contributed by atoms with Gasteiger partial charge in [-0.3, -0.25) is 5.84 Å². The van der Waals surface area contributed by atoms with Gasteiger partial charge in [-0.25, -0.2) is 5.43 Å². The van der Waals surface area contributed by atoms with E-state index in [4.69, 9.17) is 29.0 Å². The van der Waals surface area contributed by atoms with E-state index in [0.29, 0.717) is 10.0 Å². The van der Waals surface area contributed by atoms with Crippen LogP contribution in [-0.2, 0) is 0 Å². The van der Waals surface area contributed by atoms with Crippen LogP contribution in [0.4, 0.5) is 0 Å². The lowest BCUT2D eigenvalue weighted by Crippen LogP contribution is -2.28. The zero-order valence-corrected chi connectivity index (χ0v) is 10.6. The predicted molar refractivity (Wildman–Crippen MR) is 69.9 cm³/mol. The molecule has 2 aromatic rings. The van der Waals surface area contributed by atoms with Crippen molar-refractivity contribution in [3.05, 3.63) is 56.2 Å². The zero-order valence-electron chi connectivity index (χ0n) is 8.28. The molecule has 1 unspecified atom stereocenters. The minimum Gasteiger partial charge on any atom is -0.271 e. The zero-order chi connectivity index (χ0) is 11.5. The van der Waals surface area contributed by atoms with Crippen molar-refractivity contribution in [2.24, 2.45) is 5.84 Å². The first-order valence-corrected chi connectivity index (χ1v) is 6.36. The average molecular weight is 273 g/mol. The molecule has 2 nitrogen and oxygen atoms in total. The molecule has 1 heterocycles. The Morgan fingerprint density at radius 2 is 2.06 bits per heavy atom. The fraction of sp³-hybridized carbons (Fsp3) is 0.0909. The van der Waals surface area contributed by atoms with E-state index in [1.165, 1.54) is 0 Å². The maximum atomic E-state index is 6.16. The average Bonchev–Trinajstić information content (AvgIpc) is 2.79. The Hall–Kier alpha value is -0.580. The van der Waals surface area contributed by atoms with Gasteiger partial charge in [0.25, 0.3) is 0 Å². The lowest BCUT2D eigenvalue weighted by atomic mass is 10.0. The topological polar surface area (TPSA) is 38.0 Å². The molecule has 0 aliphatic heterocycles. The van der Waals surface area contributed by atoms with Gasteiger partial charge in [-0.1, -0.05) is 35.3 Å². The van der Waals surface area contributed by atoms with Crippen molar-refractivity contribution in [3.8, 4) is 0 Å². The number of hydrazine groups is 1. The lowest BCUT2D eigenvalue weighted by Gasteiger charge is -2.17. The number of halogens is 2. The van der Waals surface area contributed by atoms with Crippen LogP contribution in [0.2, 0.25) is 10.0 Å². The second-order valence-corrected chi connectivity index (χ2v) is 4.86. The SMILES string of the molecule is NNC(c1ccsc1)c1cccc(Cl)c1Cl. The monoisotopic (exact) mass is 272 g/mol. The van der Waals surface area contributed by atoms with Crippen LogP contribution >= 0.6 is 34.5 Å². The molecule has 0 spiro atoms. The molecule has 1 aromatic heterocycles. The number of benzene rings is 1. The number of rotatable bonds is 3. The van der Waals surface area contributed by atoms with Crippen molar-refractivity contribution >= 4 is 34.5 Å². The molecule has 0 radical (unpaired) electrons. The van der Waals surface area contributed by atoms with Gasteiger partial charge in [-0.15, -0.1) is 0 Å². The minimum absolute atomic E-state index is 0.127. The van der Waals surface area contributed by atoms with Gasteiger partial charge in [-0.2, -0.15) is 11.3 Å². The molecule has 0 saturated carbocycles. The molecular formula is C11H10Cl2N2S. The molecule has 0 aliphatic carbocycles. The molecular weight excluding hydrogens is 263 g/mol. The molecule has 1 atom stereocenters. The summed E-state index contributed by atoms with van der Waals surface area (Å²) in [5.74, 6) is 5.57. The summed E-state index contributed by atoms with van der Waals surface area (Å²) in [5.41, 5.74) is 4.72. The van der Waals surface area contributed by atoms with Crippen LogP contribution in [0, 0.1) is 0 Å². The Morgan fingerprint density at radius 1 is 1.25 bits per heavy atom. The van der Waals surface area contributed by atoms with Crippen molar-refractivity contribution in [1.29, 1.82) is 0 Å². The van der Waals surface area contributed by atoms with Gasteiger partial charge in [0, 0.05) is 0 Å². The predicted octanol–water partition coefficient (Wildman–Crippen LogP) is 3.61. The number of hydrogen-bond donors (Lipinski definition) is 2. The van der Waals surface area contributed by atoms with E-state index in [-0.39, 0.29) is 6.04 Å². The van der Waals surface area contributed by atoms with Crippen LogP contribution in [0.1, 0.15) is 17.2 Å². The molecule has 0 fully saturated rings. The highest BCUT2D eigenvalue weighted by molar-refractivity contribution is 7.08. The van der Waals surface area contributed by atoms with Crippen molar-refractivity contribution in [3.63, 3.8) is 0 Å². The molecule has 3 N–H and O–H groups in total. The molecule has 1 aromatic carbocycles. The van der Waals surface area contributed by atoms with Crippen LogP contribution in [0.25, 0.3) is 0 Å². The van der Waals surface area contributed by atoms with Crippen LogP contribution in [0.5, 0.6) is 0 Å².